The minimum Gasteiger partial charge on any atom is -0.495 e. The molecule has 0 heterocycles. The van der Waals surface area contributed by atoms with E-state index < -0.39 is 0 Å². The largest absolute Gasteiger partial charge is 0.495 e. The average Bonchev–Trinajstić information content (AvgIpc) is 2.25. The van der Waals surface area contributed by atoms with Crippen LogP contribution in [0.5, 0.6) is 5.75 Å². The molecule has 0 atom stereocenters. The highest BCUT2D eigenvalue weighted by Gasteiger charge is 2.09. The van der Waals surface area contributed by atoms with Gasteiger partial charge in [0.15, 0.2) is 0 Å². The lowest BCUT2D eigenvalue weighted by Crippen LogP contribution is -2.33. The Labute approximate surface area is 98.7 Å². The molecule has 1 rings (SSSR count). The number of nitrogens with two attached hydrogens (primary N) is 1. The normalized spacial score (nSPS) is 10.4. The van der Waals surface area contributed by atoms with Crippen LogP contribution in [0.25, 0.3) is 0 Å². The molecule has 0 aromatic heterocycles. The van der Waals surface area contributed by atoms with Crippen molar-refractivity contribution in [2.75, 3.05) is 13.8 Å². The van der Waals surface area contributed by atoms with Gasteiger partial charge in [0.2, 0.25) is 0 Å². The summed E-state index contributed by atoms with van der Waals surface area (Å²) in [4.78, 5) is 0. The van der Waals surface area contributed by atoms with Crippen LogP contribution in [0.4, 0.5) is 0 Å². The summed E-state index contributed by atoms with van der Waals surface area (Å²) < 4.78 is 5.04. The van der Waals surface area contributed by atoms with Gasteiger partial charge in [-0.1, -0.05) is 29.3 Å². The maximum atomic E-state index is 6.05. The van der Waals surface area contributed by atoms with Crippen molar-refractivity contribution in [3.8, 4) is 5.75 Å². The Morgan fingerprint density at radius 1 is 1.33 bits per heavy atom. The Bertz CT molecular complexity index is 333. The summed E-state index contributed by atoms with van der Waals surface area (Å²) in [6, 6.07) is 3.64. The topological polar surface area (TPSA) is 59.3 Å². The van der Waals surface area contributed by atoms with Crippen molar-refractivity contribution in [3.05, 3.63) is 27.7 Å². The first-order chi connectivity index (χ1) is 7.20. The number of hydrogen-bond acceptors (Lipinski definition) is 4. The molecule has 0 spiro atoms. The molecule has 0 unspecified atom stereocenters. The first-order valence-electron chi connectivity index (χ1n) is 4.35. The second-order valence-electron chi connectivity index (χ2n) is 2.86. The van der Waals surface area contributed by atoms with E-state index in [1.54, 1.807) is 13.2 Å². The molecule has 0 saturated carbocycles. The van der Waals surface area contributed by atoms with Gasteiger partial charge in [-0.2, -0.15) is 0 Å². The maximum absolute atomic E-state index is 6.05. The maximum Gasteiger partial charge on any atom is 0.138 e. The molecule has 6 heteroatoms. The zero-order chi connectivity index (χ0) is 11.3. The van der Waals surface area contributed by atoms with E-state index in [1.807, 2.05) is 6.07 Å². The van der Waals surface area contributed by atoms with Crippen molar-refractivity contribution in [2.45, 2.75) is 6.54 Å². The lowest BCUT2D eigenvalue weighted by Gasteiger charge is -2.10. The molecular formula is C9H13Cl2N3O. The minimum atomic E-state index is 0.430. The van der Waals surface area contributed by atoms with Gasteiger partial charge in [0.05, 0.1) is 18.8 Å². The third kappa shape index (κ3) is 3.22. The van der Waals surface area contributed by atoms with E-state index in [0.717, 1.165) is 5.56 Å². The number of halogens is 2. The molecule has 0 bridgehead atoms. The van der Waals surface area contributed by atoms with Crippen LogP contribution in [0.1, 0.15) is 5.56 Å². The molecule has 4 N–H and O–H groups in total. The van der Waals surface area contributed by atoms with Crippen LogP contribution < -0.4 is 21.3 Å². The smallest absolute Gasteiger partial charge is 0.138 e. The van der Waals surface area contributed by atoms with Crippen molar-refractivity contribution < 1.29 is 4.74 Å². The predicted octanol–water partition coefficient (Wildman–Crippen LogP) is 1.51. The highest BCUT2D eigenvalue weighted by Crippen LogP contribution is 2.34. The molecule has 0 saturated heterocycles. The summed E-state index contributed by atoms with van der Waals surface area (Å²) in [5, 5.41) is 3.97. The number of hydrazine groups is 1. The third-order valence-corrected chi connectivity index (χ3v) is 2.79. The van der Waals surface area contributed by atoms with Crippen LogP contribution >= 0.6 is 23.2 Å². The number of hydrogen-bond donors (Lipinski definition) is 3. The van der Waals surface area contributed by atoms with Crippen molar-refractivity contribution in [3.63, 3.8) is 0 Å². The zero-order valence-corrected chi connectivity index (χ0v) is 9.82. The Hall–Kier alpha value is -0.520. The van der Waals surface area contributed by atoms with E-state index >= 15 is 0 Å². The zero-order valence-electron chi connectivity index (χ0n) is 8.31. The fourth-order valence-electron chi connectivity index (χ4n) is 1.14. The first kappa shape index (κ1) is 12.5. The summed E-state index contributed by atoms with van der Waals surface area (Å²) in [6.45, 7) is 1.09. The highest BCUT2D eigenvalue weighted by atomic mass is 35.5. The molecule has 0 fully saturated rings. The van der Waals surface area contributed by atoms with Gasteiger partial charge < -0.3 is 4.74 Å². The standard InChI is InChI=1S/C9H13Cl2N3O/c1-15-7-3-2-6(4-13-5-14-12)8(10)9(7)11/h2-3,13-14H,4-5,12H2,1H3. The number of rotatable bonds is 5. The third-order valence-electron chi connectivity index (χ3n) is 1.89. The van der Waals surface area contributed by atoms with E-state index in [0.29, 0.717) is 29.0 Å². The molecule has 1 aromatic rings. The van der Waals surface area contributed by atoms with Gasteiger partial charge in [-0.3, -0.25) is 11.2 Å². The molecule has 1 aromatic carbocycles. The molecular weight excluding hydrogens is 237 g/mol. The summed E-state index contributed by atoms with van der Waals surface area (Å²) >= 11 is 12.0. The lowest BCUT2D eigenvalue weighted by molar-refractivity contribution is 0.415. The molecule has 15 heavy (non-hydrogen) atoms. The predicted molar refractivity (Wildman–Crippen MR) is 62.0 cm³/mol. The van der Waals surface area contributed by atoms with E-state index in [2.05, 4.69) is 10.7 Å². The Kier molecular flexibility index (Phi) is 5.14. The second kappa shape index (κ2) is 6.15. The average molecular weight is 250 g/mol. The van der Waals surface area contributed by atoms with Crippen LogP contribution in [0, 0.1) is 0 Å². The molecule has 0 amide bonds. The first-order valence-corrected chi connectivity index (χ1v) is 5.11. The number of benzene rings is 1. The van der Waals surface area contributed by atoms with E-state index in [4.69, 9.17) is 33.8 Å². The molecule has 0 radical (unpaired) electrons. The summed E-state index contributed by atoms with van der Waals surface area (Å²) in [7, 11) is 1.55. The van der Waals surface area contributed by atoms with Gasteiger partial charge in [0, 0.05) is 6.54 Å². The van der Waals surface area contributed by atoms with Crippen molar-refractivity contribution in [1.29, 1.82) is 0 Å². The van der Waals surface area contributed by atoms with Crippen molar-refractivity contribution in [1.82, 2.24) is 10.7 Å². The summed E-state index contributed by atoms with van der Waals surface area (Å²) in [5.41, 5.74) is 3.38. The van der Waals surface area contributed by atoms with Crippen LogP contribution in [0.3, 0.4) is 0 Å². The SMILES string of the molecule is COc1ccc(CNCNN)c(Cl)c1Cl. The van der Waals surface area contributed by atoms with Gasteiger partial charge in [-0.15, -0.1) is 0 Å². The lowest BCUT2D eigenvalue weighted by atomic mass is 10.2. The van der Waals surface area contributed by atoms with Crippen LogP contribution in [-0.4, -0.2) is 13.8 Å². The summed E-state index contributed by atoms with van der Waals surface area (Å²) in [6.07, 6.45) is 0. The molecule has 84 valence electrons. The number of ether oxygens (including phenoxy) is 1. The van der Waals surface area contributed by atoms with Gasteiger partial charge in [-0.05, 0) is 11.6 Å². The second-order valence-corrected chi connectivity index (χ2v) is 3.62. The van der Waals surface area contributed by atoms with Crippen molar-refractivity contribution in [2.24, 2.45) is 5.84 Å². The Balaban J connectivity index is 2.77. The van der Waals surface area contributed by atoms with Gasteiger partial charge in [0.1, 0.15) is 10.8 Å². The van der Waals surface area contributed by atoms with Gasteiger partial charge in [-0.25, -0.2) is 5.43 Å². The fourth-order valence-corrected chi connectivity index (χ4v) is 1.62. The van der Waals surface area contributed by atoms with E-state index in [-0.39, 0.29) is 0 Å². The van der Waals surface area contributed by atoms with Gasteiger partial charge in [0.25, 0.3) is 0 Å². The number of nitrogens with one attached hydrogen (secondary N) is 2. The van der Waals surface area contributed by atoms with Crippen molar-refractivity contribution >= 4 is 23.2 Å². The number of methoxy groups -OCH3 is 1. The van der Waals surface area contributed by atoms with Crippen LogP contribution in [0.15, 0.2) is 12.1 Å². The fraction of sp³-hybridized carbons (Fsp3) is 0.333. The molecule has 0 aliphatic rings. The van der Waals surface area contributed by atoms with E-state index in [1.165, 1.54) is 0 Å². The highest BCUT2D eigenvalue weighted by molar-refractivity contribution is 6.43. The molecule has 0 aliphatic carbocycles. The Morgan fingerprint density at radius 3 is 2.67 bits per heavy atom. The van der Waals surface area contributed by atoms with E-state index in [9.17, 15) is 0 Å². The monoisotopic (exact) mass is 249 g/mol. The van der Waals surface area contributed by atoms with Crippen LogP contribution in [0.2, 0.25) is 10.0 Å². The molecule has 0 aliphatic heterocycles. The molecule has 4 nitrogen and oxygen atoms in total. The summed E-state index contributed by atoms with van der Waals surface area (Å²) in [5.74, 6) is 5.69. The van der Waals surface area contributed by atoms with Crippen LogP contribution in [-0.2, 0) is 6.54 Å². The Morgan fingerprint density at radius 2 is 2.07 bits per heavy atom. The van der Waals surface area contributed by atoms with Gasteiger partial charge >= 0.3 is 0 Å². The quantitative estimate of drug-likeness (QED) is 0.321. The minimum absolute atomic E-state index is 0.430.